The van der Waals surface area contributed by atoms with E-state index in [1.807, 2.05) is 47.9 Å². The zero-order valence-electron chi connectivity index (χ0n) is 18.7. The summed E-state index contributed by atoms with van der Waals surface area (Å²) >= 11 is 9.54. The average molecular weight is 945 g/mol. The van der Waals surface area contributed by atoms with Crippen molar-refractivity contribution in [1.29, 1.82) is 0 Å². The van der Waals surface area contributed by atoms with Crippen molar-refractivity contribution in [2.24, 2.45) is 0 Å². The quantitative estimate of drug-likeness (QED) is 0.398. The minimum atomic E-state index is 0.299. The molecule has 0 N–H and O–H groups in total. The first-order valence-electron chi connectivity index (χ1n) is 8.72. The Morgan fingerprint density at radius 1 is 0.514 bits per heavy atom. The molecule has 0 aliphatic heterocycles. The lowest BCUT2D eigenvalue weighted by Gasteiger charge is -2.22. The highest BCUT2D eigenvalue weighted by Crippen LogP contribution is 2.48. The van der Waals surface area contributed by atoms with Gasteiger partial charge in [-0.25, -0.2) is 0 Å². The maximum absolute atomic E-state index is 4.77. The second kappa shape index (κ2) is 25.7. The monoisotopic (exact) mass is 942 g/mol. The number of pyridine rings is 1. The Morgan fingerprint density at radius 3 is 1.11 bits per heavy atom. The fourth-order valence-electron chi connectivity index (χ4n) is 3.05. The van der Waals surface area contributed by atoms with Crippen molar-refractivity contribution in [2.75, 3.05) is 0 Å². The molecule has 25 heteroatoms. The Balaban J connectivity index is 0.000000435. The zero-order chi connectivity index (χ0) is 27.2. The third-order valence-corrected chi connectivity index (χ3v) is 50.4. The Hall–Kier alpha value is 4.43. The van der Waals surface area contributed by atoms with Gasteiger partial charge in [-0.1, -0.05) is 27.7 Å². The molecule has 214 valence electrons. The van der Waals surface area contributed by atoms with Crippen LogP contribution in [0.25, 0.3) is 0 Å². The summed E-state index contributed by atoms with van der Waals surface area (Å²) in [4.78, 5) is 4.22. The molecule has 0 saturated heterocycles. The summed E-state index contributed by atoms with van der Waals surface area (Å²) < 4.78 is 0. The van der Waals surface area contributed by atoms with Crippen LogP contribution in [0.2, 0.25) is 0 Å². The van der Waals surface area contributed by atoms with Crippen molar-refractivity contribution >= 4 is 218 Å². The molecule has 1 heterocycles. The lowest BCUT2D eigenvalue weighted by atomic mass is 9.82. The molecule has 0 saturated carbocycles. The maximum atomic E-state index is 4.77. The molecule has 1 aromatic rings. The molecule has 1 aliphatic carbocycles. The van der Waals surface area contributed by atoms with Gasteiger partial charge in [-0.05, 0) is 34.4 Å². The van der Waals surface area contributed by atoms with Gasteiger partial charge < -0.3 is 0 Å². The van der Waals surface area contributed by atoms with Crippen LogP contribution in [0.1, 0.15) is 45.2 Å². The Kier molecular flexibility index (Phi) is 27.4. The van der Waals surface area contributed by atoms with Crippen LogP contribution < -0.4 is 0 Å². The van der Waals surface area contributed by atoms with Gasteiger partial charge in [-0.3, -0.25) is 4.98 Å². The van der Waals surface area contributed by atoms with E-state index in [0.717, 1.165) is 0 Å². The molecular weight excluding hydrogens is 928 g/mol. The number of nitrogens with zero attached hydrogens (tertiary/aromatic N) is 1. The number of hydrogen-bond acceptors (Lipinski definition) is 3. The molecule has 1 aliphatic rings. The van der Waals surface area contributed by atoms with Crippen LogP contribution in [0.3, 0.4) is 0 Å². The summed E-state index contributed by atoms with van der Waals surface area (Å²) in [6.07, 6.45) is 5.16. The van der Waals surface area contributed by atoms with Gasteiger partial charge in [-0.2, -0.15) is 0 Å². The van der Waals surface area contributed by atoms with Gasteiger partial charge in [0.05, 0.1) is 0 Å². The lowest BCUT2D eigenvalue weighted by Crippen LogP contribution is -2.17. The Bertz CT molecular complexity index is 1790. The van der Waals surface area contributed by atoms with Gasteiger partial charge in [0.15, 0.2) is 0 Å². The highest BCUT2D eigenvalue weighted by molar-refractivity contribution is 8.79. The molecule has 0 atom stereocenters. The van der Waals surface area contributed by atoms with Crippen molar-refractivity contribution < 1.29 is 0 Å². The van der Waals surface area contributed by atoms with Gasteiger partial charge in [0.25, 0.3) is 0 Å². The largest absolute Gasteiger partial charge is 0.264 e. The summed E-state index contributed by atoms with van der Waals surface area (Å²) in [6, 6.07) is 2.17. The molecule has 0 unspecified atom stereocenters. The highest BCUT2D eigenvalue weighted by Gasteiger charge is 2.41. The minimum absolute atomic E-state index is 0.299. The molecule has 37 heavy (non-hydrogen) atoms. The van der Waals surface area contributed by atoms with E-state index in [9.17, 15) is 0 Å². The van der Waals surface area contributed by atoms with E-state index >= 15 is 0 Å². The zero-order valence-corrected chi connectivity index (χ0v) is 38.3. The Labute approximate surface area is 291 Å². The topological polar surface area (TPSA) is 12.9 Å². The highest BCUT2D eigenvalue weighted by atomic mass is 33.5. The van der Waals surface area contributed by atoms with Gasteiger partial charge in [0.2, 0.25) is 0 Å². The second-order valence-corrected chi connectivity index (χ2v) is 45.8. The van der Waals surface area contributed by atoms with Crippen LogP contribution in [-0.2, 0) is 229 Å². The summed E-state index contributed by atoms with van der Waals surface area (Å²) in [5, 5.41) is 0. The number of fused-ring (bicyclic) bond motifs is 1. The summed E-state index contributed by atoms with van der Waals surface area (Å²) in [6.45, 7) is 9.26. The normalized spacial score (nSPS) is 12.9. The van der Waals surface area contributed by atoms with Crippen LogP contribution in [-0.4, -0.2) is 4.98 Å². The fourth-order valence-corrected chi connectivity index (χ4v) is 57.9. The van der Waals surface area contributed by atoms with Crippen molar-refractivity contribution in [1.82, 2.24) is 4.98 Å². The number of hydrogen-bond donors (Lipinski definition) is 0. The molecule has 0 fully saturated rings. The first-order valence-corrected chi connectivity index (χ1v) is 39.4. The average Bonchev–Trinajstić information content (AvgIpc) is 3.07. The first kappa shape index (κ1) is 39.5. The third-order valence-electron chi connectivity index (χ3n) is 3.75. The summed E-state index contributed by atoms with van der Waals surface area (Å²) in [5.41, 5.74) is 3.53. The molecule has 0 spiro atoms. The van der Waals surface area contributed by atoms with Crippen LogP contribution in [0.15, 0.2) is 18.5 Å². The minimum Gasteiger partial charge on any atom is -0.264 e. The second-order valence-electron chi connectivity index (χ2n) is 6.86. The van der Waals surface area contributed by atoms with Crippen molar-refractivity contribution in [3.05, 3.63) is 29.6 Å². The smallest absolute Gasteiger partial charge is 0.0308 e. The summed E-state index contributed by atoms with van der Waals surface area (Å²) in [7, 11) is 38.1. The molecule has 2 rings (SSSR count). The Morgan fingerprint density at radius 2 is 0.811 bits per heavy atom. The van der Waals surface area contributed by atoms with E-state index in [2.05, 4.69) is 38.7 Å². The van der Waals surface area contributed by atoms with Gasteiger partial charge in [0, 0.05) is 230 Å². The van der Waals surface area contributed by atoms with Gasteiger partial charge in [-0.15, -0.1) is 0 Å². The van der Waals surface area contributed by atoms with Crippen molar-refractivity contribution in [3.63, 3.8) is 0 Å². The fraction of sp³-hybridized carbons (Fsp3) is 0.583. The van der Waals surface area contributed by atoms with Crippen LogP contribution >= 0.6 is 0 Å². The van der Waals surface area contributed by atoms with Crippen molar-refractivity contribution in [2.45, 2.75) is 44.9 Å². The van der Waals surface area contributed by atoms with Crippen LogP contribution in [0, 0.1) is 0 Å². The van der Waals surface area contributed by atoms with E-state index in [-0.39, 0.29) is 0 Å². The first-order chi connectivity index (χ1) is 17.8. The molecular formula is C12H17NS24. The molecule has 1 nitrogen and oxygen atoms in total. The van der Waals surface area contributed by atoms with Gasteiger partial charge in [0.1, 0.15) is 0 Å². The van der Waals surface area contributed by atoms with E-state index in [4.69, 9.17) is 22.4 Å². The molecule has 0 bridgehead atoms. The van der Waals surface area contributed by atoms with E-state index in [1.165, 1.54) is 35.3 Å². The molecule has 0 radical (unpaired) electrons. The predicted molar refractivity (Wildman–Crippen MR) is 232 cm³/mol. The molecule has 0 aromatic carbocycles. The van der Waals surface area contributed by atoms with Crippen LogP contribution in [0.4, 0.5) is 0 Å². The maximum Gasteiger partial charge on any atom is 0.0308 e. The standard InChI is InChI=1S/C12H17N.S24/c1-11(2)8-12(3,4)10-7-13-6-5-9(10)11;1-3-5-7-9-11-13-15-17-19-21-23-24-22-20-18-16-14-12-10-8-6-4-2/h5-7H,8H2,1-4H3;. The molecule has 1 aromatic heterocycles. The summed E-state index contributed by atoms with van der Waals surface area (Å²) in [5.74, 6) is 0. The number of aromatic nitrogens is 1. The van der Waals surface area contributed by atoms with E-state index < -0.39 is 0 Å². The SMILES string of the molecule is CC1(C)CC(C)(C)c2cnccc21.S=S=S=S=S=S=S=S=S=S=S=S=S=S=S=S=S=S=S=S=S=S=S=S. The van der Waals surface area contributed by atoms with Crippen molar-refractivity contribution in [3.8, 4) is 0 Å². The number of rotatable bonds is 0. The van der Waals surface area contributed by atoms with Crippen LogP contribution in [0.5, 0.6) is 0 Å². The lowest BCUT2D eigenvalue weighted by molar-refractivity contribution is 0.403. The predicted octanol–water partition coefficient (Wildman–Crippen LogP) is 2.98. The van der Waals surface area contributed by atoms with E-state index in [0.29, 0.717) is 10.8 Å². The van der Waals surface area contributed by atoms with E-state index in [1.54, 1.807) is 142 Å². The molecule has 0 amide bonds. The third kappa shape index (κ3) is 20.2. The van der Waals surface area contributed by atoms with Gasteiger partial charge >= 0.3 is 0 Å².